The van der Waals surface area contributed by atoms with Crippen molar-refractivity contribution in [2.75, 3.05) is 5.73 Å². The summed E-state index contributed by atoms with van der Waals surface area (Å²) in [5, 5.41) is 3.95. The lowest BCUT2D eigenvalue weighted by molar-refractivity contribution is -0.136. The fourth-order valence-corrected chi connectivity index (χ4v) is 2.18. The molecule has 7 heteroatoms. The number of rotatable bonds is 1. The minimum absolute atomic E-state index is 0.00981. The molecular weight excluding hydrogens is 271 g/mol. The van der Waals surface area contributed by atoms with Crippen LogP contribution in [-0.4, -0.2) is 9.78 Å². The highest BCUT2D eigenvalue weighted by atomic mass is 19.4. The first-order chi connectivity index (χ1) is 9.38. The van der Waals surface area contributed by atoms with Crippen LogP contribution in [0, 0.1) is 0 Å². The molecule has 0 atom stereocenters. The smallest absolute Gasteiger partial charge is 0.417 e. The van der Waals surface area contributed by atoms with Gasteiger partial charge in [0, 0.05) is 12.4 Å². The molecule has 0 bridgehead atoms. The fraction of sp³-hybridized carbons (Fsp3) is 0.154. The Kier molecular flexibility index (Phi) is 2.53. The number of aryl methyl sites for hydroxylation is 1. The number of halogens is 3. The second-order valence-electron chi connectivity index (χ2n) is 4.40. The van der Waals surface area contributed by atoms with Gasteiger partial charge in [-0.1, -0.05) is 6.07 Å². The van der Waals surface area contributed by atoms with E-state index in [9.17, 15) is 13.2 Å². The molecule has 0 amide bonds. The van der Waals surface area contributed by atoms with Gasteiger partial charge in [0.25, 0.3) is 0 Å². The number of anilines is 1. The minimum atomic E-state index is -4.43. The lowest BCUT2D eigenvalue weighted by atomic mass is 10.1. The Morgan fingerprint density at radius 3 is 2.65 bits per heavy atom. The largest absolute Gasteiger partial charge is 0.454 e. The van der Waals surface area contributed by atoms with Crippen LogP contribution in [0.5, 0.6) is 0 Å². The number of fused-ring (bicyclic) bond motifs is 1. The highest BCUT2D eigenvalue weighted by Crippen LogP contribution is 2.38. The first-order valence-corrected chi connectivity index (χ1v) is 5.75. The van der Waals surface area contributed by atoms with Crippen molar-refractivity contribution in [3.05, 3.63) is 36.0 Å². The maximum absolute atomic E-state index is 12.9. The average Bonchev–Trinajstić information content (AvgIpc) is 2.90. The topological polar surface area (TPSA) is 57.0 Å². The Morgan fingerprint density at radius 2 is 2.05 bits per heavy atom. The van der Waals surface area contributed by atoms with Crippen LogP contribution in [0.25, 0.3) is 22.4 Å². The van der Waals surface area contributed by atoms with Crippen LogP contribution < -0.4 is 5.73 Å². The third-order valence-corrected chi connectivity index (χ3v) is 3.07. The van der Waals surface area contributed by atoms with Gasteiger partial charge in [0.15, 0.2) is 5.76 Å². The number of furan rings is 1. The van der Waals surface area contributed by atoms with Crippen LogP contribution >= 0.6 is 0 Å². The van der Waals surface area contributed by atoms with Crippen molar-refractivity contribution in [1.82, 2.24) is 9.78 Å². The van der Waals surface area contributed by atoms with E-state index < -0.39 is 11.7 Å². The Hall–Kier alpha value is -2.44. The van der Waals surface area contributed by atoms with Crippen LogP contribution in [0.15, 0.2) is 34.9 Å². The van der Waals surface area contributed by atoms with Crippen molar-refractivity contribution < 1.29 is 17.6 Å². The molecule has 20 heavy (non-hydrogen) atoms. The van der Waals surface area contributed by atoms with Crippen molar-refractivity contribution in [2.24, 2.45) is 7.05 Å². The van der Waals surface area contributed by atoms with Crippen LogP contribution in [0.4, 0.5) is 18.9 Å². The lowest BCUT2D eigenvalue weighted by Gasteiger charge is -2.06. The summed E-state index contributed by atoms with van der Waals surface area (Å²) >= 11 is 0. The summed E-state index contributed by atoms with van der Waals surface area (Å²) in [6.45, 7) is 0. The van der Waals surface area contributed by atoms with Gasteiger partial charge in [-0.25, -0.2) is 0 Å². The predicted molar refractivity (Wildman–Crippen MR) is 67.8 cm³/mol. The van der Waals surface area contributed by atoms with E-state index in [-0.39, 0.29) is 16.7 Å². The highest BCUT2D eigenvalue weighted by molar-refractivity contribution is 5.87. The number of nitrogens with zero attached hydrogens (tertiary/aromatic N) is 2. The maximum atomic E-state index is 12.9. The van der Waals surface area contributed by atoms with Gasteiger partial charge in [-0.05, 0) is 18.2 Å². The summed E-state index contributed by atoms with van der Waals surface area (Å²) < 4.78 is 45.8. The van der Waals surface area contributed by atoms with E-state index in [1.54, 1.807) is 7.05 Å². The van der Waals surface area contributed by atoms with Crippen molar-refractivity contribution in [2.45, 2.75) is 6.18 Å². The number of nitrogen functional groups attached to an aromatic ring is 1. The second-order valence-corrected chi connectivity index (χ2v) is 4.40. The van der Waals surface area contributed by atoms with Crippen molar-refractivity contribution >= 4 is 16.7 Å². The van der Waals surface area contributed by atoms with Crippen LogP contribution in [0.2, 0.25) is 0 Å². The molecule has 2 aromatic heterocycles. The van der Waals surface area contributed by atoms with Crippen molar-refractivity contribution in [3.63, 3.8) is 0 Å². The number of alkyl halides is 3. The van der Waals surface area contributed by atoms with Crippen molar-refractivity contribution in [1.29, 1.82) is 0 Å². The minimum Gasteiger partial charge on any atom is -0.454 e. The van der Waals surface area contributed by atoms with Gasteiger partial charge in [0.05, 0.1) is 17.4 Å². The summed E-state index contributed by atoms with van der Waals surface area (Å²) in [6, 6.07) is 5.16. The molecule has 0 radical (unpaired) electrons. The standard InChI is InChI=1S/C13H10F3N3O/c1-19-12(9(17)6-18-19)11-5-7-8(13(14,15)16)3-2-4-10(7)20-11/h2-6H,17H2,1H3. The van der Waals surface area contributed by atoms with E-state index >= 15 is 0 Å². The molecule has 0 spiro atoms. The lowest BCUT2D eigenvalue weighted by Crippen LogP contribution is -2.04. The molecule has 0 saturated heterocycles. The number of hydrogen-bond donors (Lipinski definition) is 1. The molecule has 0 aliphatic carbocycles. The molecule has 2 N–H and O–H groups in total. The number of aromatic nitrogens is 2. The monoisotopic (exact) mass is 281 g/mol. The van der Waals surface area contributed by atoms with E-state index in [0.717, 1.165) is 6.07 Å². The summed E-state index contributed by atoms with van der Waals surface area (Å²) in [5.41, 5.74) is 5.99. The van der Waals surface area contributed by atoms with Gasteiger partial charge >= 0.3 is 6.18 Å². The molecule has 4 nitrogen and oxygen atoms in total. The second kappa shape index (κ2) is 4.03. The Bertz CT molecular complexity index is 766. The molecule has 3 aromatic rings. The maximum Gasteiger partial charge on any atom is 0.417 e. The van der Waals surface area contributed by atoms with Crippen LogP contribution in [-0.2, 0) is 13.2 Å². The van der Waals surface area contributed by atoms with E-state index in [2.05, 4.69) is 5.10 Å². The summed E-state index contributed by atoms with van der Waals surface area (Å²) in [5.74, 6) is 0.259. The molecule has 0 unspecified atom stereocenters. The SMILES string of the molecule is Cn1ncc(N)c1-c1cc2c(C(F)(F)F)cccc2o1. The number of nitrogens with two attached hydrogens (primary N) is 1. The van der Waals surface area contributed by atoms with Gasteiger partial charge in [-0.15, -0.1) is 0 Å². The molecule has 0 aliphatic heterocycles. The molecule has 2 heterocycles. The number of benzene rings is 1. The van der Waals surface area contributed by atoms with Crippen LogP contribution in [0.1, 0.15) is 5.56 Å². The first-order valence-electron chi connectivity index (χ1n) is 5.75. The van der Waals surface area contributed by atoms with E-state index in [1.165, 1.54) is 29.1 Å². The Morgan fingerprint density at radius 1 is 1.30 bits per heavy atom. The van der Waals surface area contributed by atoms with Crippen LogP contribution in [0.3, 0.4) is 0 Å². The quantitative estimate of drug-likeness (QED) is 0.743. The average molecular weight is 281 g/mol. The van der Waals surface area contributed by atoms with Crippen molar-refractivity contribution in [3.8, 4) is 11.5 Å². The third kappa shape index (κ3) is 1.82. The fourth-order valence-electron chi connectivity index (χ4n) is 2.18. The zero-order valence-corrected chi connectivity index (χ0v) is 10.4. The molecule has 104 valence electrons. The first kappa shape index (κ1) is 12.6. The van der Waals surface area contributed by atoms with E-state index in [1.807, 2.05) is 0 Å². The highest BCUT2D eigenvalue weighted by Gasteiger charge is 2.33. The van der Waals surface area contributed by atoms with E-state index in [4.69, 9.17) is 10.2 Å². The molecule has 0 aliphatic rings. The molecule has 3 rings (SSSR count). The van der Waals surface area contributed by atoms with E-state index in [0.29, 0.717) is 11.4 Å². The number of hydrogen-bond acceptors (Lipinski definition) is 3. The Balaban J connectivity index is 2.27. The van der Waals surface area contributed by atoms with Gasteiger partial charge in [-0.3, -0.25) is 4.68 Å². The predicted octanol–water partition coefficient (Wildman–Crippen LogP) is 3.43. The summed E-state index contributed by atoms with van der Waals surface area (Å²) in [4.78, 5) is 0. The third-order valence-electron chi connectivity index (χ3n) is 3.07. The summed E-state index contributed by atoms with van der Waals surface area (Å²) in [6.07, 6.45) is -3.01. The van der Waals surface area contributed by atoms with Gasteiger partial charge < -0.3 is 10.2 Å². The normalized spacial score (nSPS) is 12.2. The molecule has 1 aromatic carbocycles. The molecular formula is C13H10F3N3O. The summed E-state index contributed by atoms with van der Waals surface area (Å²) in [7, 11) is 1.64. The Labute approximate surface area is 111 Å². The van der Waals surface area contributed by atoms with Gasteiger partial charge in [0.1, 0.15) is 11.3 Å². The molecule has 0 fully saturated rings. The van der Waals surface area contributed by atoms with Gasteiger partial charge in [0.2, 0.25) is 0 Å². The zero-order chi connectivity index (χ0) is 14.5. The van der Waals surface area contributed by atoms with Gasteiger partial charge in [-0.2, -0.15) is 18.3 Å². The zero-order valence-electron chi connectivity index (χ0n) is 10.4. The molecule has 0 saturated carbocycles.